The monoisotopic (exact) mass is 348 g/mol. The number of halogens is 2. The van der Waals surface area contributed by atoms with Gasteiger partial charge in [0.1, 0.15) is 5.82 Å². The van der Waals surface area contributed by atoms with E-state index in [0.717, 1.165) is 10.9 Å². The van der Waals surface area contributed by atoms with Gasteiger partial charge in [-0.25, -0.2) is 17.5 Å². The minimum Gasteiger partial charge on any atom is -0.398 e. The first-order valence-corrected chi connectivity index (χ1v) is 8.77. The van der Waals surface area contributed by atoms with Crippen LogP contribution >= 0.6 is 22.9 Å². The lowest BCUT2D eigenvalue weighted by Gasteiger charge is -2.09. The van der Waals surface area contributed by atoms with Gasteiger partial charge in [-0.05, 0) is 37.6 Å². The van der Waals surface area contributed by atoms with E-state index in [2.05, 4.69) is 4.72 Å². The molecular weight excluding hydrogens is 335 g/mol. The standard InChI is InChI=1S/C13H14ClFN2O2S2/c1-8-11(15)6-10(7-12(8)16)21(18,19)17-5-4-9-2-3-13(14)20-9/h2-3,6-7,17H,4-5,16H2,1H3. The maximum Gasteiger partial charge on any atom is 0.240 e. The fourth-order valence-electron chi connectivity index (χ4n) is 1.71. The first-order chi connectivity index (χ1) is 9.79. The number of nitrogens with two attached hydrogens (primary N) is 1. The third-order valence-corrected chi connectivity index (χ3v) is 5.69. The Bertz CT molecular complexity index is 736. The zero-order valence-electron chi connectivity index (χ0n) is 11.2. The molecule has 114 valence electrons. The predicted molar refractivity (Wildman–Crippen MR) is 83.8 cm³/mol. The van der Waals surface area contributed by atoms with Gasteiger partial charge in [-0.3, -0.25) is 0 Å². The molecule has 0 atom stereocenters. The third kappa shape index (κ3) is 3.94. The largest absolute Gasteiger partial charge is 0.398 e. The fourth-order valence-corrected chi connectivity index (χ4v) is 3.87. The van der Waals surface area contributed by atoms with Crippen LogP contribution in [0.25, 0.3) is 0 Å². The quantitative estimate of drug-likeness (QED) is 0.816. The molecule has 8 heteroatoms. The van der Waals surface area contributed by atoms with Crippen molar-refractivity contribution >= 4 is 38.6 Å². The maximum absolute atomic E-state index is 13.6. The minimum atomic E-state index is -3.78. The third-order valence-electron chi connectivity index (χ3n) is 2.96. The molecule has 0 radical (unpaired) electrons. The Morgan fingerprint density at radius 2 is 2.10 bits per heavy atom. The second-order valence-corrected chi connectivity index (χ2v) is 8.04. The zero-order valence-corrected chi connectivity index (χ0v) is 13.6. The van der Waals surface area contributed by atoms with Crippen molar-refractivity contribution in [3.63, 3.8) is 0 Å². The average Bonchev–Trinajstić information content (AvgIpc) is 2.81. The summed E-state index contributed by atoms with van der Waals surface area (Å²) in [4.78, 5) is 0.796. The number of hydrogen-bond donors (Lipinski definition) is 2. The maximum atomic E-state index is 13.6. The number of anilines is 1. The number of nitrogen functional groups attached to an aromatic ring is 1. The summed E-state index contributed by atoms with van der Waals surface area (Å²) in [5.41, 5.74) is 5.95. The van der Waals surface area contributed by atoms with Crippen LogP contribution in [0.1, 0.15) is 10.4 Å². The molecular formula is C13H14ClFN2O2S2. The highest BCUT2D eigenvalue weighted by Crippen LogP contribution is 2.22. The predicted octanol–water partition coefficient (Wildman–Crippen LogP) is 2.95. The second-order valence-electron chi connectivity index (χ2n) is 4.47. The van der Waals surface area contributed by atoms with E-state index in [-0.39, 0.29) is 22.7 Å². The molecule has 0 aliphatic heterocycles. The van der Waals surface area contributed by atoms with Crippen molar-refractivity contribution in [2.45, 2.75) is 18.2 Å². The SMILES string of the molecule is Cc1c(N)cc(S(=O)(=O)NCCc2ccc(Cl)s2)cc1F. The molecule has 0 saturated carbocycles. The molecule has 0 bridgehead atoms. The number of benzene rings is 1. The van der Waals surface area contributed by atoms with E-state index < -0.39 is 15.8 Å². The molecule has 1 aromatic carbocycles. The Hall–Kier alpha value is -1.15. The Morgan fingerprint density at radius 3 is 2.67 bits per heavy atom. The van der Waals surface area contributed by atoms with E-state index >= 15 is 0 Å². The van der Waals surface area contributed by atoms with Gasteiger partial charge >= 0.3 is 0 Å². The Balaban J connectivity index is 2.08. The van der Waals surface area contributed by atoms with Crippen molar-refractivity contribution in [1.29, 1.82) is 0 Å². The van der Waals surface area contributed by atoms with Gasteiger partial charge in [-0.15, -0.1) is 11.3 Å². The van der Waals surface area contributed by atoms with Gasteiger partial charge < -0.3 is 5.73 Å². The lowest BCUT2D eigenvalue weighted by atomic mass is 10.2. The summed E-state index contributed by atoms with van der Waals surface area (Å²) in [6, 6.07) is 5.82. The molecule has 4 nitrogen and oxygen atoms in total. The normalized spacial score (nSPS) is 11.8. The van der Waals surface area contributed by atoms with Gasteiger partial charge in [0.25, 0.3) is 0 Å². The Kier molecular flexibility index (Phi) is 4.88. The second kappa shape index (κ2) is 6.31. The summed E-state index contributed by atoms with van der Waals surface area (Å²) in [5.74, 6) is -0.639. The molecule has 1 heterocycles. The lowest BCUT2D eigenvalue weighted by Crippen LogP contribution is -2.26. The van der Waals surface area contributed by atoms with Crippen LogP contribution in [0.15, 0.2) is 29.2 Å². The first-order valence-electron chi connectivity index (χ1n) is 6.09. The van der Waals surface area contributed by atoms with Crippen LogP contribution in [-0.4, -0.2) is 15.0 Å². The van der Waals surface area contributed by atoms with E-state index in [1.807, 2.05) is 6.07 Å². The van der Waals surface area contributed by atoms with E-state index in [1.165, 1.54) is 24.3 Å². The van der Waals surface area contributed by atoms with Crippen LogP contribution in [-0.2, 0) is 16.4 Å². The van der Waals surface area contributed by atoms with Crippen LogP contribution in [0.3, 0.4) is 0 Å². The van der Waals surface area contributed by atoms with E-state index in [0.29, 0.717) is 10.8 Å². The number of hydrogen-bond acceptors (Lipinski definition) is 4. The summed E-state index contributed by atoms with van der Waals surface area (Å²) >= 11 is 7.19. The van der Waals surface area contributed by atoms with Crippen molar-refractivity contribution in [2.24, 2.45) is 0 Å². The van der Waals surface area contributed by atoms with Gasteiger partial charge in [0.2, 0.25) is 10.0 Å². The first kappa shape index (κ1) is 16.2. The Morgan fingerprint density at radius 1 is 1.38 bits per heavy atom. The summed E-state index contributed by atoms with van der Waals surface area (Å²) in [7, 11) is -3.78. The Labute approximate surface area is 131 Å². The molecule has 0 unspecified atom stereocenters. The van der Waals surface area contributed by atoms with Crippen LogP contribution in [0.5, 0.6) is 0 Å². The fraction of sp³-hybridized carbons (Fsp3) is 0.231. The summed E-state index contributed by atoms with van der Waals surface area (Å²) in [6.07, 6.45) is 0.514. The summed E-state index contributed by atoms with van der Waals surface area (Å²) < 4.78 is 40.8. The zero-order chi connectivity index (χ0) is 15.6. The molecule has 2 rings (SSSR count). The summed E-state index contributed by atoms with van der Waals surface area (Å²) in [6.45, 7) is 1.70. The van der Waals surface area contributed by atoms with Crippen molar-refractivity contribution in [2.75, 3.05) is 12.3 Å². The highest BCUT2D eigenvalue weighted by Gasteiger charge is 2.17. The molecule has 0 spiro atoms. The smallest absolute Gasteiger partial charge is 0.240 e. The molecule has 21 heavy (non-hydrogen) atoms. The van der Waals surface area contributed by atoms with Gasteiger partial charge in [-0.2, -0.15) is 0 Å². The highest BCUT2D eigenvalue weighted by atomic mass is 35.5. The van der Waals surface area contributed by atoms with Crippen LogP contribution in [0.2, 0.25) is 4.34 Å². The molecule has 2 aromatic rings. The van der Waals surface area contributed by atoms with E-state index in [1.54, 1.807) is 6.07 Å². The summed E-state index contributed by atoms with van der Waals surface area (Å²) in [5, 5.41) is 0. The van der Waals surface area contributed by atoms with Gasteiger partial charge in [0.05, 0.1) is 9.23 Å². The molecule has 0 aliphatic rings. The number of thiophene rings is 1. The average molecular weight is 349 g/mol. The van der Waals surface area contributed by atoms with Crippen LogP contribution in [0, 0.1) is 12.7 Å². The minimum absolute atomic E-state index is 0.111. The van der Waals surface area contributed by atoms with Crippen molar-refractivity contribution in [3.8, 4) is 0 Å². The van der Waals surface area contributed by atoms with E-state index in [9.17, 15) is 12.8 Å². The molecule has 0 saturated heterocycles. The molecule has 0 amide bonds. The topological polar surface area (TPSA) is 72.2 Å². The molecule has 0 fully saturated rings. The van der Waals surface area contributed by atoms with Crippen LogP contribution in [0.4, 0.5) is 10.1 Å². The lowest BCUT2D eigenvalue weighted by molar-refractivity contribution is 0.577. The van der Waals surface area contributed by atoms with Crippen molar-refractivity contribution in [1.82, 2.24) is 4.72 Å². The molecule has 0 aliphatic carbocycles. The number of nitrogens with one attached hydrogen (secondary N) is 1. The van der Waals surface area contributed by atoms with E-state index in [4.69, 9.17) is 17.3 Å². The number of sulfonamides is 1. The van der Waals surface area contributed by atoms with Crippen molar-refractivity contribution < 1.29 is 12.8 Å². The molecule has 1 aromatic heterocycles. The number of rotatable bonds is 5. The molecule has 3 N–H and O–H groups in total. The van der Waals surface area contributed by atoms with Gasteiger partial charge in [0, 0.05) is 22.7 Å². The van der Waals surface area contributed by atoms with Crippen molar-refractivity contribution in [3.05, 3.63) is 44.9 Å². The highest BCUT2D eigenvalue weighted by molar-refractivity contribution is 7.89. The van der Waals surface area contributed by atoms with Gasteiger partial charge in [0.15, 0.2) is 0 Å². The van der Waals surface area contributed by atoms with Gasteiger partial charge in [-0.1, -0.05) is 11.6 Å². The van der Waals surface area contributed by atoms with Crippen LogP contribution < -0.4 is 10.5 Å².